The Bertz CT molecular complexity index is 769. The Hall–Kier alpha value is -1.89. The Balaban J connectivity index is 1.45. The minimum absolute atomic E-state index is 0.0247. The van der Waals surface area contributed by atoms with Crippen molar-refractivity contribution in [1.82, 2.24) is 14.4 Å². The smallest absolute Gasteiger partial charge is 0.242 e. The summed E-state index contributed by atoms with van der Waals surface area (Å²) in [4.78, 5) is 16.9. The third kappa shape index (κ3) is 3.77. The minimum Gasteiger partial charge on any atom is -0.384 e. The Labute approximate surface area is 153 Å². The van der Waals surface area contributed by atoms with Crippen LogP contribution in [0.1, 0.15) is 12.8 Å². The molecule has 2 aliphatic heterocycles. The first-order valence-electron chi connectivity index (χ1n) is 9.47. The van der Waals surface area contributed by atoms with Gasteiger partial charge in [0.05, 0.1) is 19.8 Å². The van der Waals surface area contributed by atoms with Crippen LogP contribution in [0.3, 0.4) is 0 Å². The number of fused-ring (bicyclic) bond motifs is 1. The van der Waals surface area contributed by atoms with E-state index < -0.39 is 5.60 Å². The van der Waals surface area contributed by atoms with Gasteiger partial charge in [0.1, 0.15) is 12.1 Å². The van der Waals surface area contributed by atoms with Gasteiger partial charge in [-0.1, -0.05) is 18.2 Å². The number of para-hydroxylation sites is 1. The van der Waals surface area contributed by atoms with Crippen LogP contribution in [0.4, 0.5) is 0 Å². The van der Waals surface area contributed by atoms with E-state index in [0.717, 1.165) is 24.0 Å². The van der Waals surface area contributed by atoms with Gasteiger partial charge in [-0.25, -0.2) is 0 Å². The number of hydrogen-bond acceptors (Lipinski definition) is 4. The quantitative estimate of drug-likeness (QED) is 0.897. The highest BCUT2D eigenvalue weighted by molar-refractivity contribution is 5.83. The zero-order valence-corrected chi connectivity index (χ0v) is 15.1. The van der Waals surface area contributed by atoms with E-state index in [-0.39, 0.29) is 12.5 Å². The molecular weight excluding hydrogens is 330 g/mol. The van der Waals surface area contributed by atoms with Crippen LogP contribution in [0.25, 0.3) is 10.9 Å². The Morgan fingerprint density at radius 1 is 1.15 bits per heavy atom. The lowest BCUT2D eigenvalue weighted by Gasteiger charge is -2.34. The van der Waals surface area contributed by atoms with E-state index in [2.05, 4.69) is 4.90 Å². The summed E-state index contributed by atoms with van der Waals surface area (Å²) in [7, 11) is 0. The molecule has 1 aromatic carbocycles. The molecule has 1 aromatic heterocycles. The van der Waals surface area contributed by atoms with Crippen molar-refractivity contribution >= 4 is 16.8 Å². The summed E-state index contributed by atoms with van der Waals surface area (Å²) in [5.74, 6) is 0.0247. The van der Waals surface area contributed by atoms with Gasteiger partial charge in [0.15, 0.2) is 0 Å². The van der Waals surface area contributed by atoms with Crippen molar-refractivity contribution in [2.24, 2.45) is 0 Å². The number of aromatic nitrogens is 1. The number of rotatable bonds is 4. The van der Waals surface area contributed by atoms with Crippen LogP contribution >= 0.6 is 0 Å². The number of hydrogen-bond donors (Lipinski definition) is 1. The first-order valence-corrected chi connectivity index (χ1v) is 9.47. The fourth-order valence-electron chi connectivity index (χ4n) is 4.11. The minimum atomic E-state index is -0.991. The van der Waals surface area contributed by atoms with E-state index in [9.17, 15) is 9.90 Å². The zero-order valence-electron chi connectivity index (χ0n) is 15.1. The number of carbonyl (C=O) groups excluding carboxylic acids is 1. The highest BCUT2D eigenvalue weighted by Gasteiger charge is 2.36. The molecule has 0 bridgehead atoms. The molecule has 1 unspecified atom stereocenters. The molecule has 140 valence electrons. The standard InChI is InChI=1S/C20H27N3O3/c24-19(13-22-10-7-17-5-1-2-6-18(17)22)23-11-12-26-16-20(25,15-23)14-21-8-3-4-9-21/h1-2,5-7,10,25H,3-4,8-9,11-16H2. The maximum atomic E-state index is 12.9. The molecule has 0 spiro atoms. The van der Waals surface area contributed by atoms with Crippen molar-refractivity contribution in [2.75, 3.05) is 45.9 Å². The van der Waals surface area contributed by atoms with Crippen molar-refractivity contribution in [3.05, 3.63) is 36.5 Å². The van der Waals surface area contributed by atoms with Crippen molar-refractivity contribution in [3.63, 3.8) is 0 Å². The second-order valence-electron chi connectivity index (χ2n) is 7.58. The van der Waals surface area contributed by atoms with E-state index >= 15 is 0 Å². The maximum Gasteiger partial charge on any atom is 0.242 e. The lowest BCUT2D eigenvalue weighted by Crippen LogP contribution is -2.53. The summed E-state index contributed by atoms with van der Waals surface area (Å²) >= 11 is 0. The van der Waals surface area contributed by atoms with Gasteiger partial charge in [-0.3, -0.25) is 4.79 Å². The van der Waals surface area contributed by atoms with Gasteiger partial charge < -0.3 is 24.2 Å². The second kappa shape index (κ2) is 7.39. The number of likely N-dealkylation sites (tertiary alicyclic amines) is 1. The summed E-state index contributed by atoms with van der Waals surface area (Å²) in [6.07, 6.45) is 4.31. The van der Waals surface area contributed by atoms with Crippen LogP contribution in [0.15, 0.2) is 36.5 Å². The highest BCUT2D eigenvalue weighted by atomic mass is 16.5. The molecule has 2 aliphatic rings. The molecular formula is C20H27N3O3. The molecule has 1 atom stereocenters. The van der Waals surface area contributed by atoms with E-state index in [1.165, 1.54) is 12.8 Å². The number of amides is 1. The third-order valence-corrected chi connectivity index (χ3v) is 5.42. The molecule has 3 heterocycles. The average molecular weight is 357 g/mol. The topological polar surface area (TPSA) is 57.9 Å². The number of β-amino-alcohol motifs (C(OH)–C–C–N with tert-alkyl or cyclic N) is 1. The van der Waals surface area contributed by atoms with E-state index in [0.29, 0.717) is 32.8 Å². The highest BCUT2D eigenvalue weighted by Crippen LogP contribution is 2.19. The summed E-state index contributed by atoms with van der Waals surface area (Å²) < 4.78 is 7.60. The van der Waals surface area contributed by atoms with Crippen LogP contribution in [-0.4, -0.2) is 76.9 Å². The SMILES string of the molecule is O=C(Cn1ccc2ccccc21)N1CCOCC(O)(CN2CCCC2)C1. The molecule has 6 nitrogen and oxygen atoms in total. The van der Waals surface area contributed by atoms with Gasteiger partial charge in [-0.2, -0.15) is 0 Å². The van der Waals surface area contributed by atoms with Crippen LogP contribution in [0, 0.1) is 0 Å². The number of benzene rings is 1. The molecule has 2 saturated heterocycles. The molecule has 0 saturated carbocycles. The predicted molar refractivity (Wildman–Crippen MR) is 100.0 cm³/mol. The van der Waals surface area contributed by atoms with Gasteiger partial charge in [-0.05, 0) is 43.5 Å². The molecule has 0 aliphatic carbocycles. The Morgan fingerprint density at radius 2 is 1.96 bits per heavy atom. The molecule has 2 fully saturated rings. The molecule has 26 heavy (non-hydrogen) atoms. The van der Waals surface area contributed by atoms with E-state index in [4.69, 9.17) is 4.74 Å². The summed E-state index contributed by atoms with van der Waals surface area (Å²) in [6, 6.07) is 10.1. The predicted octanol–water partition coefficient (Wildman–Crippen LogP) is 1.33. The number of nitrogens with zero attached hydrogens (tertiary/aromatic N) is 3. The summed E-state index contributed by atoms with van der Waals surface area (Å²) in [5, 5.41) is 12.2. The maximum absolute atomic E-state index is 12.9. The first-order chi connectivity index (χ1) is 12.6. The third-order valence-electron chi connectivity index (χ3n) is 5.42. The van der Waals surface area contributed by atoms with E-state index in [1.54, 1.807) is 4.90 Å². The van der Waals surface area contributed by atoms with Crippen LogP contribution in [0.5, 0.6) is 0 Å². The van der Waals surface area contributed by atoms with Crippen molar-refractivity contribution in [2.45, 2.75) is 25.0 Å². The van der Waals surface area contributed by atoms with Crippen LogP contribution in [-0.2, 0) is 16.1 Å². The van der Waals surface area contributed by atoms with E-state index in [1.807, 2.05) is 41.1 Å². The molecule has 4 rings (SSSR count). The van der Waals surface area contributed by atoms with Gasteiger partial charge in [0.2, 0.25) is 5.91 Å². The van der Waals surface area contributed by atoms with Crippen molar-refractivity contribution in [1.29, 1.82) is 0 Å². The Morgan fingerprint density at radius 3 is 2.81 bits per heavy atom. The Kier molecular flexibility index (Phi) is 4.98. The molecule has 2 aromatic rings. The second-order valence-corrected chi connectivity index (χ2v) is 7.58. The van der Waals surface area contributed by atoms with Gasteiger partial charge in [0, 0.05) is 24.8 Å². The average Bonchev–Trinajstić information content (AvgIpc) is 3.23. The number of ether oxygens (including phenoxy) is 1. The fourth-order valence-corrected chi connectivity index (χ4v) is 4.11. The monoisotopic (exact) mass is 357 g/mol. The molecule has 1 amide bonds. The molecule has 1 N–H and O–H groups in total. The summed E-state index contributed by atoms with van der Waals surface area (Å²) in [5.41, 5.74) is 0.0640. The van der Waals surface area contributed by atoms with Crippen LogP contribution < -0.4 is 0 Å². The lowest BCUT2D eigenvalue weighted by molar-refractivity contribution is -0.135. The summed E-state index contributed by atoms with van der Waals surface area (Å²) in [6.45, 7) is 4.52. The largest absolute Gasteiger partial charge is 0.384 e. The van der Waals surface area contributed by atoms with Gasteiger partial charge in [-0.15, -0.1) is 0 Å². The normalized spacial score (nSPS) is 24.9. The van der Waals surface area contributed by atoms with Crippen molar-refractivity contribution in [3.8, 4) is 0 Å². The number of aliphatic hydroxyl groups is 1. The zero-order chi connectivity index (χ0) is 18.0. The molecule has 0 radical (unpaired) electrons. The molecule has 6 heteroatoms. The number of carbonyl (C=O) groups is 1. The van der Waals surface area contributed by atoms with Gasteiger partial charge >= 0.3 is 0 Å². The van der Waals surface area contributed by atoms with Crippen LogP contribution in [0.2, 0.25) is 0 Å². The lowest BCUT2D eigenvalue weighted by atomic mass is 10.0. The van der Waals surface area contributed by atoms with Crippen molar-refractivity contribution < 1.29 is 14.6 Å². The first kappa shape index (κ1) is 17.5. The van der Waals surface area contributed by atoms with Gasteiger partial charge in [0.25, 0.3) is 0 Å². The fraction of sp³-hybridized carbons (Fsp3) is 0.550.